The van der Waals surface area contributed by atoms with Crippen molar-refractivity contribution in [2.45, 2.75) is 45.6 Å². The number of halogens is 1. The minimum Gasteiger partial charge on any atom is -0.304 e. The van der Waals surface area contributed by atoms with Gasteiger partial charge >= 0.3 is 0 Å². The van der Waals surface area contributed by atoms with Crippen LogP contribution in [0.5, 0.6) is 0 Å². The molecule has 0 amide bonds. The molecule has 5 nitrogen and oxygen atoms in total. The standard InChI is InChI=1S/C16H22ClN5.C2H6/c1-11-14-15(17)18-3-4-22(14)16(19-11)12-9-13(10-12)21-7-5-20(2)6-8-21;1-2/h3-4,12-13H,5-10H2,1-2H3;1-2H3. The number of aromatic nitrogens is 3. The Labute approximate surface area is 149 Å². The predicted molar refractivity (Wildman–Crippen MR) is 98.9 cm³/mol. The number of nitrogens with zero attached hydrogens (tertiary/aromatic N) is 5. The summed E-state index contributed by atoms with van der Waals surface area (Å²) in [6.07, 6.45) is 6.17. The van der Waals surface area contributed by atoms with E-state index >= 15 is 0 Å². The molecule has 0 N–H and O–H groups in total. The van der Waals surface area contributed by atoms with E-state index in [1.165, 1.54) is 39.0 Å². The SMILES string of the molecule is CC.Cc1nc(C2CC(N3CCN(C)CC3)C2)n2ccnc(Cl)c12. The van der Waals surface area contributed by atoms with Crippen LogP contribution in [-0.2, 0) is 0 Å². The quantitative estimate of drug-likeness (QED) is 0.834. The van der Waals surface area contributed by atoms with E-state index in [2.05, 4.69) is 26.2 Å². The predicted octanol–water partition coefficient (Wildman–Crippen LogP) is 3.21. The van der Waals surface area contributed by atoms with Crippen LogP contribution in [0.25, 0.3) is 5.52 Å². The number of fused-ring (bicyclic) bond motifs is 1. The van der Waals surface area contributed by atoms with Crippen molar-refractivity contribution < 1.29 is 0 Å². The largest absolute Gasteiger partial charge is 0.304 e. The molecule has 1 aliphatic carbocycles. The maximum atomic E-state index is 6.22. The first-order valence-corrected chi connectivity index (χ1v) is 9.43. The third kappa shape index (κ3) is 3.17. The Morgan fingerprint density at radius 3 is 2.46 bits per heavy atom. The first-order chi connectivity index (χ1) is 11.6. The first-order valence-electron chi connectivity index (χ1n) is 9.05. The van der Waals surface area contributed by atoms with Crippen LogP contribution in [-0.4, -0.2) is 63.4 Å². The maximum Gasteiger partial charge on any atom is 0.154 e. The Bertz CT molecular complexity index is 684. The summed E-state index contributed by atoms with van der Waals surface area (Å²) >= 11 is 6.22. The Balaban J connectivity index is 0.000000815. The van der Waals surface area contributed by atoms with E-state index in [9.17, 15) is 0 Å². The number of likely N-dealkylation sites (N-methyl/N-ethyl adjacent to an activating group) is 1. The highest BCUT2D eigenvalue weighted by molar-refractivity contribution is 6.32. The van der Waals surface area contributed by atoms with Gasteiger partial charge in [-0.2, -0.15) is 0 Å². The molecular weight excluding hydrogens is 322 g/mol. The van der Waals surface area contributed by atoms with Crippen LogP contribution >= 0.6 is 11.6 Å². The van der Waals surface area contributed by atoms with Crippen molar-refractivity contribution in [3.63, 3.8) is 0 Å². The second-order valence-corrected chi connectivity index (χ2v) is 7.01. The molecule has 1 aliphatic heterocycles. The van der Waals surface area contributed by atoms with Gasteiger partial charge in [0.1, 0.15) is 11.3 Å². The summed E-state index contributed by atoms with van der Waals surface area (Å²) < 4.78 is 2.13. The molecule has 0 bridgehead atoms. The second kappa shape index (κ2) is 7.38. The van der Waals surface area contributed by atoms with Gasteiger partial charge in [0, 0.05) is 50.5 Å². The number of rotatable bonds is 2. The molecule has 0 spiro atoms. The van der Waals surface area contributed by atoms with Gasteiger partial charge in [0.2, 0.25) is 0 Å². The van der Waals surface area contributed by atoms with Crippen molar-refractivity contribution in [2.75, 3.05) is 33.2 Å². The van der Waals surface area contributed by atoms with Crippen LogP contribution in [0.15, 0.2) is 12.4 Å². The van der Waals surface area contributed by atoms with Gasteiger partial charge in [-0.05, 0) is 26.8 Å². The zero-order chi connectivity index (χ0) is 17.3. The van der Waals surface area contributed by atoms with E-state index in [0.717, 1.165) is 23.1 Å². The topological polar surface area (TPSA) is 36.7 Å². The molecule has 2 aliphatic rings. The molecule has 0 unspecified atom stereocenters. The van der Waals surface area contributed by atoms with Gasteiger partial charge in [0.05, 0.1) is 5.69 Å². The van der Waals surface area contributed by atoms with Crippen LogP contribution < -0.4 is 0 Å². The zero-order valence-corrected chi connectivity index (χ0v) is 15.9. The Morgan fingerprint density at radius 2 is 1.79 bits per heavy atom. The van der Waals surface area contributed by atoms with E-state index in [0.29, 0.717) is 11.1 Å². The van der Waals surface area contributed by atoms with E-state index in [-0.39, 0.29) is 0 Å². The van der Waals surface area contributed by atoms with Gasteiger partial charge in [-0.25, -0.2) is 9.97 Å². The molecule has 2 fully saturated rings. The van der Waals surface area contributed by atoms with Crippen molar-refractivity contribution in [1.82, 2.24) is 24.2 Å². The van der Waals surface area contributed by atoms with Crippen molar-refractivity contribution in [3.8, 4) is 0 Å². The van der Waals surface area contributed by atoms with E-state index in [4.69, 9.17) is 16.6 Å². The molecule has 2 aromatic rings. The lowest BCUT2D eigenvalue weighted by Crippen LogP contribution is -2.52. The highest BCUT2D eigenvalue weighted by atomic mass is 35.5. The fourth-order valence-electron chi connectivity index (χ4n) is 3.77. The molecule has 0 atom stereocenters. The van der Waals surface area contributed by atoms with Gasteiger partial charge in [0.25, 0.3) is 0 Å². The summed E-state index contributed by atoms with van der Waals surface area (Å²) in [5.74, 6) is 1.70. The van der Waals surface area contributed by atoms with Gasteiger partial charge < -0.3 is 4.90 Å². The minimum absolute atomic E-state index is 0.546. The Morgan fingerprint density at radius 1 is 1.12 bits per heavy atom. The molecule has 3 heterocycles. The van der Waals surface area contributed by atoms with Crippen LogP contribution in [0, 0.1) is 6.92 Å². The molecule has 132 valence electrons. The normalized spacial score (nSPS) is 25.2. The van der Waals surface area contributed by atoms with Crippen LogP contribution in [0.3, 0.4) is 0 Å². The third-order valence-corrected chi connectivity index (χ3v) is 5.52. The molecule has 6 heteroatoms. The van der Waals surface area contributed by atoms with E-state index in [1.807, 2.05) is 27.0 Å². The molecule has 1 saturated carbocycles. The van der Waals surface area contributed by atoms with Crippen LogP contribution in [0.4, 0.5) is 0 Å². The lowest BCUT2D eigenvalue weighted by Gasteiger charge is -2.45. The number of hydrogen-bond donors (Lipinski definition) is 0. The second-order valence-electron chi connectivity index (χ2n) is 6.65. The van der Waals surface area contributed by atoms with E-state index < -0.39 is 0 Å². The first kappa shape index (κ1) is 17.6. The summed E-state index contributed by atoms with van der Waals surface area (Å²) in [6.45, 7) is 10.8. The summed E-state index contributed by atoms with van der Waals surface area (Å²) in [4.78, 5) is 14.0. The van der Waals surface area contributed by atoms with Gasteiger partial charge in [-0.1, -0.05) is 25.4 Å². The molecule has 0 radical (unpaired) electrons. The molecule has 2 aromatic heterocycles. The van der Waals surface area contributed by atoms with Crippen molar-refractivity contribution in [2.24, 2.45) is 0 Å². The van der Waals surface area contributed by atoms with E-state index in [1.54, 1.807) is 6.20 Å². The number of imidazole rings is 1. The van der Waals surface area contributed by atoms with Crippen molar-refractivity contribution >= 4 is 17.1 Å². The van der Waals surface area contributed by atoms with Gasteiger partial charge in [-0.15, -0.1) is 0 Å². The summed E-state index contributed by atoms with van der Waals surface area (Å²) in [7, 11) is 2.21. The zero-order valence-electron chi connectivity index (χ0n) is 15.2. The lowest BCUT2D eigenvalue weighted by molar-refractivity contribution is 0.0586. The van der Waals surface area contributed by atoms with Crippen LogP contribution in [0.2, 0.25) is 5.15 Å². The smallest absolute Gasteiger partial charge is 0.154 e. The molecule has 24 heavy (non-hydrogen) atoms. The average Bonchev–Trinajstić information content (AvgIpc) is 2.88. The minimum atomic E-state index is 0.546. The monoisotopic (exact) mass is 349 g/mol. The highest BCUT2D eigenvalue weighted by Gasteiger charge is 2.37. The summed E-state index contributed by atoms with van der Waals surface area (Å²) in [6, 6.07) is 0.726. The fraction of sp³-hybridized carbons (Fsp3) is 0.667. The lowest BCUT2D eigenvalue weighted by atomic mass is 9.78. The molecule has 4 rings (SSSR count). The number of aryl methyl sites for hydroxylation is 1. The molecular formula is C18H28ClN5. The fourth-order valence-corrected chi connectivity index (χ4v) is 4.05. The Hall–Kier alpha value is -1.17. The molecule has 0 aromatic carbocycles. The Kier molecular flexibility index (Phi) is 5.42. The summed E-state index contributed by atoms with van der Waals surface area (Å²) in [5.41, 5.74) is 1.94. The number of piperazine rings is 1. The molecule has 1 saturated heterocycles. The van der Waals surface area contributed by atoms with Crippen molar-refractivity contribution in [3.05, 3.63) is 29.1 Å². The number of hydrogen-bond acceptors (Lipinski definition) is 4. The summed E-state index contributed by atoms with van der Waals surface area (Å²) in [5, 5.41) is 0.550. The highest BCUT2D eigenvalue weighted by Crippen LogP contribution is 2.40. The van der Waals surface area contributed by atoms with Gasteiger partial charge in [0.15, 0.2) is 5.15 Å². The average molecular weight is 350 g/mol. The van der Waals surface area contributed by atoms with Crippen LogP contribution in [0.1, 0.15) is 44.1 Å². The third-order valence-electron chi connectivity index (χ3n) is 5.24. The van der Waals surface area contributed by atoms with Gasteiger partial charge in [-0.3, -0.25) is 9.30 Å². The maximum absolute atomic E-state index is 6.22. The van der Waals surface area contributed by atoms with Crippen molar-refractivity contribution in [1.29, 1.82) is 0 Å².